The summed E-state index contributed by atoms with van der Waals surface area (Å²) in [5.74, 6) is 0.745. The summed E-state index contributed by atoms with van der Waals surface area (Å²) in [6.45, 7) is 8.38. The molecule has 2 rings (SSSR count). The topological polar surface area (TPSA) is 40.6 Å². The third-order valence-electron chi connectivity index (χ3n) is 4.91. The van der Waals surface area contributed by atoms with E-state index in [4.69, 9.17) is 0 Å². The van der Waals surface area contributed by atoms with E-state index in [0.29, 0.717) is 11.8 Å². The number of unbranched alkanes of at least 4 members (excludes halogenated alkanes) is 4. The molecule has 2 heterocycles. The van der Waals surface area contributed by atoms with Crippen molar-refractivity contribution in [3.05, 3.63) is 0 Å². The molecule has 0 aromatic carbocycles. The monoisotopic (exact) mass is 338 g/mol. The lowest BCUT2D eigenvalue weighted by molar-refractivity contribution is -0.134. The first-order chi connectivity index (χ1) is 11.7. The fourth-order valence-corrected chi connectivity index (χ4v) is 3.30. The molecule has 0 aliphatic carbocycles. The fraction of sp³-hybridized carbons (Fsp3) is 0.900. The molecule has 0 aromatic heterocycles. The Balaban J connectivity index is 0.000000240. The number of carbonyl (C=O) groups excluding carboxylic acids is 2. The van der Waals surface area contributed by atoms with E-state index in [2.05, 4.69) is 13.8 Å². The number of piperidine rings is 2. The highest BCUT2D eigenvalue weighted by Gasteiger charge is 2.17. The lowest BCUT2D eigenvalue weighted by atomic mass is 10.1. The lowest BCUT2D eigenvalue weighted by Crippen LogP contribution is -2.35. The van der Waals surface area contributed by atoms with E-state index in [-0.39, 0.29) is 0 Å². The summed E-state index contributed by atoms with van der Waals surface area (Å²) in [6, 6.07) is 0. The third-order valence-corrected chi connectivity index (χ3v) is 4.91. The third kappa shape index (κ3) is 8.70. The van der Waals surface area contributed by atoms with Crippen molar-refractivity contribution in [3.8, 4) is 0 Å². The number of hydrogen-bond donors (Lipinski definition) is 0. The minimum absolute atomic E-state index is 0.373. The maximum atomic E-state index is 11.3. The van der Waals surface area contributed by atoms with Gasteiger partial charge in [0.05, 0.1) is 0 Å². The molecule has 0 N–H and O–H groups in total. The van der Waals surface area contributed by atoms with E-state index in [9.17, 15) is 9.59 Å². The van der Waals surface area contributed by atoms with Gasteiger partial charge in [0.25, 0.3) is 0 Å². The predicted octanol–water partition coefficient (Wildman–Crippen LogP) is 4.38. The average Bonchev–Trinajstić information content (AvgIpc) is 2.59. The lowest BCUT2D eigenvalue weighted by Gasteiger charge is -2.26. The Morgan fingerprint density at radius 1 is 0.667 bits per heavy atom. The van der Waals surface area contributed by atoms with Gasteiger partial charge >= 0.3 is 0 Å². The smallest absolute Gasteiger partial charge is 0.222 e. The van der Waals surface area contributed by atoms with Gasteiger partial charge in [0.2, 0.25) is 11.8 Å². The Hall–Kier alpha value is -1.06. The summed E-state index contributed by atoms with van der Waals surface area (Å²) in [6.07, 6.45) is 13.5. The summed E-state index contributed by atoms with van der Waals surface area (Å²) in [5, 5.41) is 0. The highest BCUT2D eigenvalue weighted by molar-refractivity contribution is 5.77. The molecule has 4 nitrogen and oxygen atoms in total. The van der Waals surface area contributed by atoms with E-state index in [1.165, 1.54) is 51.4 Å². The van der Waals surface area contributed by atoms with Crippen molar-refractivity contribution < 1.29 is 9.59 Å². The summed E-state index contributed by atoms with van der Waals surface area (Å²) >= 11 is 0. The van der Waals surface area contributed by atoms with Crippen molar-refractivity contribution >= 4 is 11.8 Å². The Kier molecular flexibility index (Phi) is 11.6. The SMILES string of the molecule is CCCCCN1CCCCC1=O.CCCCCN1CCCCC1=O. The largest absolute Gasteiger partial charge is 0.343 e. The molecule has 0 spiro atoms. The quantitative estimate of drug-likeness (QED) is 0.616. The van der Waals surface area contributed by atoms with Gasteiger partial charge in [-0.1, -0.05) is 39.5 Å². The van der Waals surface area contributed by atoms with Gasteiger partial charge in [-0.25, -0.2) is 0 Å². The predicted molar refractivity (Wildman–Crippen MR) is 99.9 cm³/mol. The maximum absolute atomic E-state index is 11.3. The second kappa shape index (κ2) is 13.3. The molecule has 2 aliphatic heterocycles. The van der Waals surface area contributed by atoms with Crippen LogP contribution in [0, 0.1) is 0 Å². The molecule has 0 radical (unpaired) electrons. The molecule has 2 aliphatic rings. The first-order valence-corrected chi connectivity index (χ1v) is 10.2. The average molecular weight is 339 g/mol. The van der Waals surface area contributed by atoms with Crippen LogP contribution in [-0.2, 0) is 9.59 Å². The van der Waals surface area contributed by atoms with Crippen LogP contribution in [0.4, 0.5) is 0 Å². The molecule has 2 saturated heterocycles. The van der Waals surface area contributed by atoms with E-state index in [1.54, 1.807) is 0 Å². The molecule has 140 valence electrons. The van der Waals surface area contributed by atoms with Gasteiger partial charge in [-0.15, -0.1) is 0 Å². The van der Waals surface area contributed by atoms with E-state index >= 15 is 0 Å². The summed E-state index contributed by atoms with van der Waals surface area (Å²) < 4.78 is 0. The van der Waals surface area contributed by atoms with Gasteiger partial charge < -0.3 is 9.80 Å². The van der Waals surface area contributed by atoms with Crippen LogP contribution in [0.2, 0.25) is 0 Å². The number of carbonyl (C=O) groups is 2. The zero-order chi connectivity index (χ0) is 17.6. The van der Waals surface area contributed by atoms with Gasteiger partial charge in [-0.2, -0.15) is 0 Å². The first kappa shape index (κ1) is 21.0. The first-order valence-electron chi connectivity index (χ1n) is 10.2. The summed E-state index contributed by atoms with van der Waals surface area (Å²) in [7, 11) is 0. The molecule has 2 amide bonds. The number of likely N-dealkylation sites (tertiary alicyclic amines) is 2. The van der Waals surface area contributed by atoms with Crippen molar-refractivity contribution in [1.82, 2.24) is 9.80 Å². The van der Waals surface area contributed by atoms with E-state index in [0.717, 1.165) is 51.9 Å². The van der Waals surface area contributed by atoms with Crippen LogP contribution in [0.5, 0.6) is 0 Å². The zero-order valence-electron chi connectivity index (χ0n) is 16.0. The minimum atomic E-state index is 0.373. The van der Waals surface area contributed by atoms with E-state index in [1.807, 2.05) is 9.80 Å². The highest BCUT2D eigenvalue weighted by Crippen LogP contribution is 2.12. The van der Waals surface area contributed by atoms with Gasteiger partial charge in [0.15, 0.2) is 0 Å². The van der Waals surface area contributed by atoms with Gasteiger partial charge in [0.1, 0.15) is 0 Å². The van der Waals surface area contributed by atoms with Crippen LogP contribution >= 0.6 is 0 Å². The molecule has 2 fully saturated rings. The second-order valence-corrected chi connectivity index (χ2v) is 7.09. The van der Waals surface area contributed by atoms with Crippen molar-refractivity contribution in [1.29, 1.82) is 0 Å². The molecule has 0 bridgehead atoms. The fourth-order valence-electron chi connectivity index (χ4n) is 3.30. The molecular weight excluding hydrogens is 300 g/mol. The molecule has 0 saturated carbocycles. The Labute approximate surface area is 149 Å². The number of amides is 2. The maximum Gasteiger partial charge on any atom is 0.222 e. The Morgan fingerprint density at radius 2 is 1.08 bits per heavy atom. The number of rotatable bonds is 8. The molecule has 24 heavy (non-hydrogen) atoms. The van der Waals surface area contributed by atoms with Gasteiger partial charge in [-0.05, 0) is 38.5 Å². The van der Waals surface area contributed by atoms with Crippen LogP contribution in [0.15, 0.2) is 0 Å². The summed E-state index contributed by atoms with van der Waals surface area (Å²) in [5.41, 5.74) is 0. The van der Waals surface area contributed by atoms with Crippen LogP contribution in [0.3, 0.4) is 0 Å². The number of nitrogens with zero attached hydrogens (tertiary/aromatic N) is 2. The van der Waals surface area contributed by atoms with Gasteiger partial charge in [-0.3, -0.25) is 9.59 Å². The summed E-state index contributed by atoms with van der Waals surface area (Å²) in [4.78, 5) is 26.7. The minimum Gasteiger partial charge on any atom is -0.343 e. The molecule has 0 unspecified atom stereocenters. The Bertz CT molecular complexity index is 324. The van der Waals surface area contributed by atoms with Crippen molar-refractivity contribution in [3.63, 3.8) is 0 Å². The van der Waals surface area contributed by atoms with Crippen LogP contribution < -0.4 is 0 Å². The zero-order valence-corrected chi connectivity index (χ0v) is 16.0. The normalized spacial score (nSPS) is 18.4. The molecule has 4 heteroatoms. The standard InChI is InChI=1S/2C10H19NO/c2*1-2-3-5-8-11-9-6-4-7-10(11)12/h2*2-9H2,1H3. The molecule has 0 atom stereocenters. The van der Waals surface area contributed by atoms with E-state index < -0.39 is 0 Å². The molecular formula is C20H38N2O2. The van der Waals surface area contributed by atoms with Crippen LogP contribution in [0.1, 0.15) is 90.9 Å². The molecule has 0 aromatic rings. The highest BCUT2D eigenvalue weighted by atomic mass is 16.2. The van der Waals surface area contributed by atoms with Crippen molar-refractivity contribution in [2.45, 2.75) is 90.9 Å². The number of hydrogen-bond acceptors (Lipinski definition) is 2. The van der Waals surface area contributed by atoms with Crippen LogP contribution in [0.25, 0.3) is 0 Å². The van der Waals surface area contributed by atoms with Crippen LogP contribution in [-0.4, -0.2) is 47.8 Å². The van der Waals surface area contributed by atoms with Crippen molar-refractivity contribution in [2.24, 2.45) is 0 Å². The Morgan fingerprint density at radius 3 is 1.42 bits per heavy atom. The van der Waals surface area contributed by atoms with Gasteiger partial charge in [0, 0.05) is 39.0 Å². The van der Waals surface area contributed by atoms with Crippen molar-refractivity contribution in [2.75, 3.05) is 26.2 Å². The second-order valence-electron chi connectivity index (χ2n) is 7.09.